The highest BCUT2D eigenvalue weighted by molar-refractivity contribution is 5.94. The minimum Gasteiger partial charge on any atom is -0.467 e. The number of fused-ring (bicyclic) bond motifs is 2. The SMILES string of the molecule is COC(=O)C12CC1C=CCCCCN(C)C(=O)C1CCC(O)CC1C(=O)N2. The fraction of sp³-hybridized carbons (Fsp3) is 0.750. The van der Waals surface area contributed by atoms with Crippen molar-refractivity contribution in [3.63, 3.8) is 0 Å². The molecule has 2 fully saturated rings. The second-order valence-corrected chi connectivity index (χ2v) is 8.13. The number of carbonyl (C=O) groups excluding carboxylic acids is 3. The van der Waals surface area contributed by atoms with Gasteiger partial charge in [-0.25, -0.2) is 4.79 Å². The third-order valence-corrected chi connectivity index (χ3v) is 6.25. The molecule has 5 unspecified atom stereocenters. The van der Waals surface area contributed by atoms with E-state index >= 15 is 0 Å². The molecule has 7 heteroatoms. The number of ether oxygens (including phenoxy) is 1. The van der Waals surface area contributed by atoms with E-state index in [-0.39, 0.29) is 24.2 Å². The summed E-state index contributed by atoms with van der Waals surface area (Å²) in [4.78, 5) is 40.0. The van der Waals surface area contributed by atoms with E-state index in [1.165, 1.54) is 7.11 Å². The van der Waals surface area contributed by atoms with Crippen LogP contribution in [0.15, 0.2) is 12.2 Å². The lowest BCUT2D eigenvalue weighted by molar-refractivity contribution is -0.150. The first kappa shape index (κ1) is 19.9. The van der Waals surface area contributed by atoms with Crippen molar-refractivity contribution in [1.29, 1.82) is 0 Å². The number of esters is 1. The van der Waals surface area contributed by atoms with Gasteiger partial charge < -0.3 is 20.1 Å². The number of rotatable bonds is 1. The van der Waals surface area contributed by atoms with Gasteiger partial charge in [-0.05, 0) is 44.9 Å². The number of aliphatic hydroxyl groups is 1. The zero-order valence-electron chi connectivity index (χ0n) is 16.1. The van der Waals surface area contributed by atoms with Crippen LogP contribution in [0, 0.1) is 17.8 Å². The molecule has 2 aliphatic carbocycles. The molecule has 7 nitrogen and oxygen atoms in total. The second-order valence-electron chi connectivity index (χ2n) is 8.13. The van der Waals surface area contributed by atoms with Crippen LogP contribution in [-0.2, 0) is 19.1 Å². The number of carbonyl (C=O) groups is 3. The summed E-state index contributed by atoms with van der Waals surface area (Å²) in [6.07, 6.45) is 7.92. The monoisotopic (exact) mass is 378 g/mol. The Hall–Kier alpha value is -1.89. The van der Waals surface area contributed by atoms with Crippen LogP contribution in [0.4, 0.5) is 0 Å². The van der Waals surface area contributed by atoms with Crippen molar-refractivity contribution in [1.82, 2.24) is 10.2 Å². The van der Waals surface area contributed by atoms with Crippen LogP contribution in [0.5, 0.6) is 0 Å². The molecule has 0 aromatic rings. The number of hydrogen-bond donors (Lipinski definition) is 2. The molecule has 1 heterocycles. The van der Waals surface area contributed by atoms with Crippen molar-refractivity contribution in [3.05, 3.63) is 12.2 Å². The van der Waals surface area contributed by atoms with Crippen LogP contribution in [-0.4, -0.2) is 60.1 Å². The van der Waals surface area contributed by atoms with Gasteiger partial charge in [0.2, 0.25) is 11.8 Å². The summed E-state index contributed by atoms with van der Waals surface area (Å²) in [5, 5.41) is 13.0. The maximum absolute atomic E-state index is 13.1. The average molecular weight is 378 g/mol. The van der Waals surface area contributed by atoms with Crippen LogP contribution < -0.4 is 5.32 Å². The van der Waals surface area contributed by atoms with Gasteiger partial charge in [0.15, 0.2) is 0 Å². The first-order valence-electron chi connectivity index (χ1n) is 9.89. The van der Waals surface area contributed by atoms with Crippen LogP contribution >= 0.6 is 0 Å². The lowest BCUT2D eigenvalue weighted by Gasteiger charge is -2.35. The van der Waals surface area contributed by atoms with E-state index < -0.39 is 29.4 Å². The maximum atomic E-state index is 13.1. The Labute approximate surface area is 160 Å². The Kier molecular flexibility index (Phi) is 5.89. The number of allylic oxidation sites excluding steroid dienone is 1. The van der Waals surface area contributed by atoms with Crippen LogP contribution in [0.3, 0.4) is 0 Å². The molecule has 150 valence electrons. The summed E-state index contributed by atoms with van der Waals surface area (Å²) < 4.78 is 4.94. The minimum atomic E-state index is -1.03. The summed E-state index contributed by atoms with van der Waals surface area (Å²) in [6.45, 7) is 0.662. The number of hydrogen-bond acceptors (Lipinski definition) is 5. The molecule has 2 saturated carbocycles. The van der Waals surface area contributed by atoms with Crippen molar-refractivity contribution >= 4 is 17.8 Å². The highest BCUT2D eigenvalue weighted by atomic mass is 16.5. The lowest BCUT2D eigenvalue weighted by Crippen LogP contribution is -2.52. The summed E-state index contributed by atoms with van der Waals surface area (Å²) in [7, 11) is 3.09. The number of amides is 2. The Bertz CT molecular complexity index is 634. The van der Waals surface area contributed by atoms with E-state index in [1.54, 1.807) is 11.9 Å². The van der Waals surface area contributed by atoms with E-state index in [1.807, 2.05) is 12.2 Å². The average Bonchev–Trinajstić information content (AvgIpc) is 3.35. The Balaban J connectivity index is 1.87. The molecule has 0 aromatic carbocycles. The molecule has 0 spiro atoms. The van der Waals surface area contributed by atoms with Crippen LogP contribution in [0.1, 0.15) is 44.9 Å². The highest BCUT2D eigenvalue weighted by Gasteiger charge is 2.61. The van der Waals surface area contributed by atoms with Crippen molar-refractivity contribution in [2.45, 2.75) is 56.6 Å². The van der Waals surface area contributed by atoms with E-state index in [2.05, 4.69) is 5.32 Å². The summed E-state index contributed by atoms with van der Waals surface area (Å²) in [5.74, 6) is -1.99. The number of methoxy groups -OCH3 is 1. The molecule has 0 bridgehead atoms. The molecular formula is C20H30N2O5. The van der Waals surface area contributed by atoms with Crippen LogP contribution in [0.2, 0.25) is 0 Å². The minimum absolute atomic E-state index is 0.0471. The van der Waals surface area contributed by atoms with Crippen molar-refractivity contribution < 1.29 is 24.2 Å². The molecule has 0 radical (unpaired) electrons. The van der Waals surface area contributed by atoms with Crippen LogP contribution in [0.25, 0.3) is 0 Å². The highest BCUT2D eigenvalue weighted by Crippen LogP contribution is 2.46. The lowest BCUT2D eigenvalue weighted by atomic mass is 9.76. The first-order valence-corrected chi connectivity index (χ1v) is 9.89. The zero-order valence-corrected chi connectivity index (χ0v) is 16.1. The first-order chi connectivity index (χ1) is 12.9. The van der Waals surface area contributed by atoms with E-state index in [0.717, 1.165) is 19.3 Å². The van der Waals surface area contributed by atoms with Gasteiger partial charge in [-0.15, -0.1) is 0 Å². The number of nitrogens with one attached hydrogen (secondary N) is 1. The normalized spacial score (nSPS) is 37.5. The molecule has 3 aliphatic rings. The standard InChI is InChI=1S/C20H30N2O5/c1-22-10-6-4-3-5-7-13-12-20(13,19(26)27-2)21-17(24)16-11-14(23)8-9-15(16)18(22)25/h5,7,13-16,23H,3-4,6,8-12H2,1-2H3,(H,21,24). The van der Waals surface area contributed by atoms with Gasteiger partial charge in [-0.1, -0.05) is 12.2 Å². The number of aliphatic hydroxyl groups excluding tert-OH is 1. The molecule has 0 aromatic heterocycles. The van der Waals surface area contributed by atoms with Crippen molar-refractivity contribution in [2.24, 2.45) is 17.8 Å². The smallest absolute Gasteiger partial charge is 0.332 e. The van der Waals surface area contributed by atoms with Crippen molar-refractivity contribution in [3.8, 4) is 0 Å². The molecule has 0 saturated heterocycles. The zero-order chi connectivity index (χ0) is 19.6. The molecule has 2 N–H and O–H groups in total. The molecular weight excluding hydrogens is 348 g/mol. The van der Waals surface area contributed by atoms with Gasteiger partial charge in [0.1, 0.15) is 5.54 Å². The van der Waals surface area contributed by atoms with E-state index in [4.69, 9.17) is 4.74 Å². The summed E-state index contributed by atoms with van der Waals surface area (Å²) in [6, 6.07) is 0. The number of nitrogens with zero attached hydrogens (tertiary/aromatic N) is 1. The van der Waals surface area contributed by atoms with Gasteiger partial charge in [-0.3, -0.25) is 9.59 Å². The molecule has 5 atom stereocenters. The van der Waals surface area contributed by atoms with Crippen molar-refractivity contribution in [2.75, 3.05) is 20.7 Å². The Morgan fingerprint density at radius 3 is 2.81 bits per heavy atom. The van der Waals surface area contributed by atoms with E-state index in [9.17, 15) is 19.5 Å². The van der Waals surface area contributed by atoms with Gasteiger partial charge in [0.05, 0.1) is 19.1 Å². The molecule has 1 aliphatic heterocycles. The summed E-state index contributed by atoms with van der Waals surface area (Å²) >= 11 is 0. The predicted octanol–water partition coefficient (Wildman–Crippen LogP) is 1.01. The van der Waals surface area contributed by atoms with Gasteiger partial charge in [-0.2, -0.15) is 0 Å². The summed E-state index contributed by atoms with van der Waals surface area (Å²) in [5.41, 5.74) is -1.03. The molecule has 27 heavy (non-hydrogen) atoms. The third kappa shape index (κ3) is 4.03. The maximum Gasteiger partial charge on any atom is 0.332 e. The van der Waals surface area contributed by atoms with Gasteiger partial charge in [0, 0.05) is 25.4 Å². The Morgan fingerprint density at radius 2 is 2.07 bits per heavy atom. The predicted molar refractivity (Wildman–Crippen MR) is 98.5 cm³/mol. The largest absolute Gasteiger partial charge is 0.467 e. The third-order valence-electron chi connectivity index (χ3n) is 6.25. The quantitative estimate of drug-likeness (QED) is 0.524. The Morgan fingerprint density at radius 1 is 1.30 bits per heavy atom. The van der Waals surface area contributed by atoms with Gasteiger partial charge in [0.25, 0.3) is 0 Å². The fourth-order valence-electron chi connectivity index (χ4n) is 4.44. The van der Waals surface area contributed by atoms with E-state index in [0.29, 0.717) is 25.8 Å². The van der Waals surface area contributed by atoms with Gasteiger partial charge >= 0.3 is 5.97 Å². The molecule has 2 amide bonds. The second kappa shape index (κ2) is 8.00. The fourth-order valence-corrected chi connectivity index (χ4v) is 4.44. The topological polar surface area (TPSA) is 95.9 Å². The molecule has 3 rings (SSSR count).